The second kappa shape index (κ2) is 6.99. The highest BCUT2D eigenvalue weighted by Gasteiger charge is 2.29. The molecular formula is C14H13FN4O3S. The number of halogens is 1. The number of nitrogens with one attached hydrogen (secondary N) is 2. The Morgan fingerprint density at radius 2 is 1.65 bits per heavy atom. The number of hydrogen-bond acceptors (Lipinski definition) is 6. The Kier molecular flexibility index (Phi) is 5.04. The summed E-state index contributed by atoms with van der Waals surface area (Å²) in [5.41, 5.74) is 4.43. The van der Waals surface area contributed by atoms with Crippen LogP contribution in [0.1, 0.15) is 0 Å². The molecule has 4 N–H and O–H groups in total. The molecule has 0 aromatic heterocycles. The van der Waals surface area contributed by atoms with Crippen molar-refractivity contribution in [3.05, 3.63) is 60.4 Å². The molecule has 7 nitrogen and oxygen atoms in total. The molecule has 0 spiro atoms. The molecule has 0 aliphatic heterocycles. The van der Waals surface area contributed by atoms with E-state index in [9.17, 15) is 17.6 Å². The van der Waals surface area contributed by atoms with Gasteiger partial charge in [0, 0.05) is 0 Å². The molecule has 2 aromatic carbocycles. The maximum atomic E-state index is 12.8. The van der Waals surface area contributed by atoms with Crippen LogP contribution in [0.3, 0.4) is 0 Å². The van der Waals surface area contributed by atoms with Crippen LogP contribution in [-0.2, 0) is 14.6 Å². The minimum absolute atomic E-state index is 0.108. The van der Waals surface area contributed by atoms with Gasteiger partial charge in [0.15, 0.2) is 0 Å². The molecule has 0 saturated heterocycles. The van der Waals surface area contributed by atoms with Gasteiger partial charge in [-0.1, -0.05) is 18.2 Å². The third kappa shape index (κ3) is 3.90. The quantitative estimate of drug-likeness (QED) is 0.254. The molecule has 120 valence electrons. The molecule has 0 fully saturated rings. The Labute approximate surface area is 131 Å². The predicted octanol–water partition coefficient (Wildman–Crippen LogP) is 1.01. The topological polar surface area (TPSA) is 114 Å². The molecule has 0 bridgehead atoms. The highest BCUT2D eigenvalue weighted by molar-refractivity contribution is 8.08. The lowest BCUT2D eigenvalue weighted by Crippen LogP contribution is -2.40. The molecule has 0 atom stereocenters. The predicted molar refractivity (Wildman–Crippen MR) is 83.4 cm³/mol. The summed E-state index contributed by atoms with van der Waals surface area (Å²) in [6.45, 7) is 0. The van der Waals surface area contributed by atoms with Crippen molar-refractivity contribution < 1.29 is 17.6 Å². The van der Waals surface area contributed by atoms with Crippen molar-refractivity contribution in [2.45, 2.75) is 4.90 Å². The molecule has 0 heterocycles. The SMILES string of the molecule is NNC(=O)/C(=N/Nc1ccc(F)cc1)S(=O)(=O)c1ccccc1. The van der Waals surface area contributed by atoms with Crippen LogP contribution in [0.4, 0.5) is 10.1 Å². The van der Waals surface area contributed by atoms with Crippen molar-refractivity contribution in [1.29, 1.82) is 0 Å². The average molecular weight is 336 g/mol. The van der Waals surface area contributed by atoms with Gasteiger partial charge in [0.05, 0.1) is 10.6 Å². The Morgan fingerprint density at radius 1 is 1.04 bits per heavy atom. The molecule has 0 aliphatic carbocycles. The first-order valence-corrected chi connectivity index (χ1v) is 7.84. The van der Waals surface area contributed by atoms with E-state index in [1.54, 1.807) is 11.5 Å². The fourth-order valence-electron chi connectivity index (χ4n) is 1.65. The lowest BCUT2D eigenvalue weighted by Gasteiger charge is -2.08. The number of nitrogens with two attached hydrogens (primary N) is 1. The molecule has 9 heteroatoms. The summed E-state index contributed by atoms with van der Waals surface area (Å²) in [6, 6.07) is 12.3. The largest absolute Gasteiger partial charge is 0.297 e. The van der Waals surface area contributed by atoms with Crippen LogP contribution in [0, 0.1) is 5.82 Å². The van der Waals surface area contributed by atoms with Gasteiger partial charge in [0.2, 0.25) is 14.9 Å². The van der Waals surface area contributed by atoms with Crippen LogP contribution in [0.15, 0.2) is 64.6 Å². The maximum Gasteiger partial charge on any atom is 0.297 e. The number of carbonyl (C=O) groups excluding carboxylic acids is 1. The molecule has 0 saturated carbocycles. The van der Waals surface area contributed by atoms with E-state index >= 15 is 0 Å². The number of hydrazine groups is 1. The summed E-state index contributed by atoms with van der Waals surface area (Å²) in [6.07, 6.45) is 0. The normalized spacial score (nSPS) is 11.8. The number of sulfone groups is 1. The van der Waals surface area contributed by atoms with Crippen molar-refractivity contribution in [1.82, 2.24) is 5.43 Å². The molecule has 1 amide bonds. The Morgan fingerprint density at radius 3 is 2.22 bits per heavy atom. The molecular weight excluding hydrogens is 323 g/mol. The first kappa shape index (κ1) is 16.6. The van der Waals surface area contributed by atoms with Crippen molar-refractivity contribution in [2.75, 3.05) is 5.43 Å². The van der Waals surface area contributed by atoms with Crippen LogP contribution in [0.2, 0.25) is 0 Å². The van der Waals surface area contributed by atoms with E-state index in [1.165, 1.54) is 36.4 Å². The minimum Gasteiger partial charge on any atom is -0.288 e. The number of benzene rings is 2. The van der Waals surface area contributed by atoms with Gasteiger partial charge < -0.3 is 0 Å². The number of anilines is 1. The fourth-order valence-corrected chi connectivity index (χ4v) is 2.85. The second-order valence-corrected chi connectivity index (χ2v) is 6.19. The third-order valence-corrected chi connectivity index (χ3v) is 4.44. The molecule has 0 radical (unpaired) electrons. The molecule has 2 aromatic rings. The van der Waals surface area contributed by atoms with E-state index in [0.717, 1.165) is 12.1 Å². The number of nitrogens with zero attached hydrogens (tertiary/aromatic N) is 1. The number of carbonyl (C=O) groups is 1. The maximum absolute atomic E-state index is 12.8. The van der Waals surface area contributed by atoms with E-state index in [4.69, 9.17) is 5.84 Å². The third-order valence-electron chi connectivity index (χ3n) is 2.76. The van der Waals surface area contributed by atoms with Gasteiger partial charge in [-0.15, -0.1) is 0 Å². The number of hydrazone groups is 1. The van der Waals surface area contributed by atoms with Gasteiger partial charge in [0.25, 0.3) is 5.91 Å². The minimum atomic E-state index is -4.17. The van der Waals surface area contributed by atoms with Gasteiger partial charge in [0.1, 0.15) is 5.82 Å². The van der Waals surface area contributed by atoms with E-state index < -0.39 is 26.6 Å². The lowest BCUT2D eigenvalue weighted by molar-refractivity contribution is -0.114. The van der Waals surface area contributed by atoms with Crippen molar-refractivity contribution in [2.24, 2.45) is 10.9 Å². The fraction of sp³-hybridized carbons (Fsp3) is 0. The second-order valence-electron chi connectivity index (χ2n) is 4.33. The van der Waals surface area contributed by atoms with E-state index in [1.807, 2.05) is 0 Å². The molecule has 0 aliphatic rings. The molecule has 0 unspecified atom stereocenters. The number of hydrogen-bond donors (Lipinski definition) is 3. The van der Waals surface area contributed by atoms with E-state index in [-0.39, 0.29) is 4.90 Å². The van der Waals surface area contributed by atoms with Crippen molar-refractivity contribution in [3.63, 3.8) is 0 Å². The van der Waals surface area contributed by atoms with Gasteiger partial charge >= 0.3 is 0 Å². The zero-order valence-corrected chi connectivity index (χ0v) is 12.5. The summed E-state index contributed by atoms with van der Waals surface area (Å²) >= 11 is 0. The zero-order chi connectivity index (χ0) is 16.9. The molecule has 23 heavy (non-hydrogen) atoms. The lowest BCUT2D eigenvalue weighted by atomic mass is 10.3. The smallest absolute Gasteiger partial charge is 0.288 e. The van der Waals surface area contributed by atoms with Gasteiger partial charge in [-0.2, -0.15) is 5.10 Å². The van der Waals surface area contributed by atoms with Crippen molar-refractivity contribution in [3.8, 4) is 0 Å². The summed E-state index contributed by atoms with van der Waals surface area (Å²) in [5.74, 6) is 3.47. The number of rotatable bonds is 3. The van der Waals surface area contributed by atoms with E-state index in [2.05, 4.69) is 10.5 Å². The first-order chi connectivity index (χ1) is 10.9. The van der Waals surface area contributed by atoms with Crippen LogP contribution < -0.4 is 16.7 Å². The first-order valence-electron chi connectivity index (χ1n) is 6.35. The standard InChI is InChI=1S/C14H13FN4O3S/c15-10-6-8-11(9-7-10)18-19-14(13(20)17-16)23(21,22)12-4-2-1-3-5-12/h1-9,18H,16H2,(H,17,20)/b19-14-. The van der Waals surface area contributed by atoms with Gasteiger partial charge in [-0.05, 0) is 36.4 Å². The number of amides is 1. The summed E-state index contributed by atoms with van der Waals surface area (Å²) < 4.78 is 37.8. The van der Waals surface area contributed by atoms with Crippen LogP contribution in [0.25, 0.3) is 0 Å². The highest BCUT2D eigenvalue weighted by atomic mass is 32.2. The Bertz CT molecular complexity index is 821. The summed E-state index contributed by atoms with van der Waals surface area (Å²) in [5, 5.41) is 2.80. The zero-order valence-electron chi connectivity index (χ0n) is 11.7. The van der Waals surface area contributed by atoms with Gasteiger partial charge in [-0.3, -0.25) is 15.6 Å². The van der Waals surface area contributed by atoms with Crippen LogP contribution >= 0.6 is 0 Å². The van der Waals surface area contributed by atoms with Crippen LogP contribution in [-0.4, -0.2) is 19.4 Å². The highest BCUT2D eigenvalue weighted by Crippen LogP contribution is 2.14. The average Bonchev–Trinajstić information content (AvgIpc) is 2.57. The summed E-state index contributed by atoms with van der Waals surface area (Å²) in [7, 11) is -4.17. The van der Waals surface area contributed by atoms with E-state index in [0.29, 0.717) is 5.69 Å². The van der Waals surface area contributed by atoms with Crippen LogP contribution in [0.5, 0.6) is 0 Å². The molecule has 2 rings (SSSR count). The van der Waals surface area contributed by atoms with Crippen molar-refractivity contribution >= 4 is 26.5 Å². The Hall–Kier alpha value is -2.78. The Balaban J connectivity index is 2.39. The monoisotopic (exact) mass is 336 g/mol. The summed E-state index contributed by atoms with van der Waals surface area (Å²) in [4.78, 5) is 11.7. The van der Waals surface area contributed by atoms with Gasteiger partial charge in [-0.25, -0.2) is 18.7 Å².